The highest BCUT2D eigenvalue weighted by Gasteiger charge is 2.23. The van der Waals surface area contributed by atoms with Gasteiger partial charge in [0.1, 0.15) is 5.75 Å². The largest absolute Gasteiger partial charge is 0.495 e. The van der Waals surface area contributed by atoms with Gasteiger partial charge in [-0.15, -0.1) is 0 Å². The number of likely N-dealkylation sites (tertiary alicyclic amines) is 1. The molecule has 0 aliphatic carbocycles. The molecule has 1 saturated heterocycles. The van der Waals surface area contributed by atoms with E-state index in [1.807, 2.05) is 12.1 Å². The van der Waals surface area contributed by atoms with E-state index in [9.17, 15) is 0 Å². The van der Waals surface area contributed by atoms with Crippen LogP contribution in [0, 0.1) is 0 Å². The predicted molar refractivity (Wildman–Crippen MR) is 78.0 cm³/mol. The van der Waals surface area contributed by atoms with Crippen LogP contribution in [-0.2, 0) is 4.74 Å². The van der Waals surface area contributed by atoms with Crippen LogP contribution < -0.4 is 4.74 Å². The molecule has 0 N–H and O–H groups in total. The Morgan fingerprint density at radius 2 is 1.95 bits per heavy atom. The highest BCUT2D eigenvalue weighted by Crippen LogP contribution is 2.31. The Balaban J connectivity index is 2.03. The Labute approximate surface area is 120 Å². The molecule has 0 unspecified atom stereocenters. The third-order valence-electron chi connectivity index (χ3n) is 4.02. The lowest BCUT2D eigenvalue weighted by Crippen LogP contribution is -2.38. The van der Waals surface area contributed by atoms with Crippen LogP contribution in [0.15, 0.2) is 18.2 Å². The summed E-state index contributed by atoms with van der Waals surface area (Å²) in [4.78, 5) is 2.48. The van der Waals surface area contributed by atoms with Crippen LogP contribution in [0.4, 0.5) is 0 Å². The summed E-state index contributed by atoms with van der Waals surface area (Å²) in [6.45, 7) is 4.37. The number of nitrogens with zero attached hydrogens (tertiary/aromatic N) is 1. The van der Waals surface area contributed by atoms with Gasteiger partial charge in [0, 0.05) is 26.2 Å². The van der Waals surface area contributed by atoms with E-state index in [0.717, 1.165) is 31.7 Å². The number of hydrogen-bond acceptors (Lipinski definition) is 3. The zero-order chi connectivity index (χ0) is 13.8. The maximum atomic E-state index is 6.19. The van der Waals surface area contributed by atoms with E-state index in [2.05, 4.69) is 17.9 Å². The van der Waals surface area contributed by atoms with E-state index in [-0.39, 0.29) is 0 Å². The fourth-order valence-electron chi connectivity index (χ4n) is 2.65. The zero-order valence-electron chi connectivity index (χ0n) is 11.9. The SMILES string of the molecule is COc1ccc([C@@H](C)N2CCC(OC)CC2)cc1Cl. The molecule has 0 spiro atoms. The van der Waals surface area contributed by atoms with Crippen molar-refractivity contribution in [3.05, 3.63) is 28.8 Å². The Hall–Kier alpha value is -0.770. The number of methoxy groups -OCH3 is 2. The van der Waals surface area contributed by atoms with Gasteiger partial charge < -0.3 is 9.47 Å². The van der Waals surface area contributed by atoms with E-state index in [0.29, 0.717) is 17.2 Å². The van der Waals surface area contributed by atoms with Crippen molar-refractivity contribution in [2.75, 3.05) is 27.3 Å². The van der Waals surface area contributed by atoms with Gasteiger partial charge in [-0.3, -0.25) is 4.90 Å². The first kappa shape index (κ1) is 14.6. The fourth-order valence-corrected chi connectivity index (χ4v) is 2.92. The predicted octanol–water partition coefficient (Wildman–Crippen LogP) is 3.52. The molecule has 1 aliphatic heterocycles. The lowest BCUT2D eigenvalue weighted by molar-refractivity contribution is 0.0295. The molecule has 1 fully saturated rings. The summed E-state index contributed by atoms with van der Waals surface area (Å²) in [6.07, 6.45) is 2.62. The van der Waals surface area contributed by atoms with Gasteiger partial charge in [0.05, 0.1) is 18.2 Å². The standard InChI is InChI=1S/C15H22ClNO2/c1-11(17-8-6-13(18-2)7-9-17)12-4-5-15(19-3)14(16)10-12/h4-5,10-11,13H,6-9H2,1-3H3/t11-/m1/s1. The molecule has 0 aromatic heterocycles. The summed E-state index contributed by atoms with van der Waals surface area (Å²) in [5, 5.41) is 0.679. The smallest absolute Gasteiger partial charge is 0.137 e. The van der Waals surface area contributed by atoms with Gasteiger partial charge in [-0.1, -0.05) is 17.7 Å². The first-order chi connectivity index (χ1) is 9.15. The molecule has 1 heterocycles. The number of piperidine rings is 1. The van der Waals surface area contributed by atoms with Crippen molar-refractivity contribution in [3.8, 4) is 5.75 Å². The molecule has 0 amide bonds. The zero-order valence-corrected chi connectivity index (χ0v) is 12.6. The topological polar surface area (TPSA) is 21.7 Å². The van der Waals surface area contributed by atoms with E-state index in [1.165, 1.54) is 5.56 Å². The molecule has 1 atom stereocenters. The lowest BCUT2D eigenvalue weighted by atomic mass is 10.0. The van der Waals surface area contributed by atoms with Gasteiger partial charge >= 0.3 is 0 Å². The molecule has 4 heteroatoms. The van der Waals surface area contributed by atoms with E-state index >= 15 is 0 Å². The molecule has 2 rings (SSSR count). The molecular formula is C15H22ClNO2. The maximum absolute atomic E-state index is 6.19. The highest BCUT2D eigenvalue weighted by molar-refractivity contribution is 6.32. The van der Waals surface area contributed by atoms with Crippen LogP contribution in [0.2, 0.25) is 5.02 Å². The van der Waals surface area contributed by atoms with Gasteiger partial charge in [0.15, 0.2) is 0 Å². The Kier molecular flexibility index (Phi) is 5.08. The summed E-state index contributed by atoms with van der Waals surface area (Å²) in [6, 6.07) is 6.42. The van der Waals surface area contributed by atoms with Crippen molar-refractivity contribution in [1.82, 2.24) is 4.90 Å². The summed E-state index contributed by atoms with van der Waals surface area (Å²) < 4.78 is 10.6. The van der Waals surface area contributed by atoms with Crippen molar-refractivity contribution in [2.45, 2.75) is 31.9 Å². The molecule has 1 aromatic carbocycles. The third kappa shape index (κ3) is 3.41. The van der Waals surface area contributed by atoms with Gasteiger partial charge in [-0.25, -0.2) is 0 Å². The second-order valence-electron chi connectivity index (χ2n) is 5.04. The molecule has 1 aromatic rings. The Morgan fingerprint density at radius 1 is 1.26 bits per heavy atom. The van der Waals surface area contributed by atoms with Crippen LogP contribution in [0.1, 0.15) is 31.4 Å². The van der Waals surface area contributed by atoms with Crippen LogP contribution >= 0.6 is 11.6 Å². The molecule has 0 radical (unpaired) electrons. The lowest BCUT2D eigenvalue weighted by Gasteiger charge is -2.35. The van der Waals surface area contributed by atoms with Crippen molar-refractivity contribution in [1.29, 1.82) is 0 Å². The Morgan fingerprint density at radius 3 is 2.47 bits per heavy atom. The minimum Gasteiger partial charge on any atom is -0.495 e. The molecule has 19 heavy (non-hydrogen) atoms. The monoisotopic (exact) mass is 283 g/mol. The number of hydrogen-bond donors (Lipinski definition) is 0. The average Bonchev–Trinajstić information content (AvgIpc) is 2.46. The molecule has 0 bridgehead atoms. The highest BCUT2D eigenvalue weighted by atomic mass is 35.5. The number of halogens is 1. The van der Waals surface area contributed by atoms with E-state index < -0.39 is 0 Å². The number of ether oxygens (including phenoxy) is 2. The third-order valence-corrected chi connectivity index (χ3v) is 4.31. The summed E-state index contributed by atoms with van der Waals surface area (Å²) in [7, 11) is 3.44. The van der Waals surface area contributed by atoms with E-state index in [1.54, 1.807) is 14.2 Å². The first-order valence-corrected chi connectivity index (χ1v) is 7.13. The molecule has 3 nitrogen and oxygen atoms in total. The van der Waals surface area contributed by atoms with Crippen molar-refractivity contribution >= 4 is 11.6 Å². The molecular weight excluding hydrogens is 262 g/mol. The quantitative estimate of drug-likeness (QED) is 0.844. The minimum atomic E-state index is 0.376. The van der Waals surface area contributed by atoms with Gasteiger partial charge in [-0.2, -0.15) is 0 Å². The molecule has 1 aliphatic rings. The van der Waals surface area contributed by atoms with Crippen LogP contribution in [0.3, 0.4) is 0 Å². The number of benzene rings is 1. The van der Waals surface area contributed by atoms with Crippen LogP contribution in [0.25, 0.3) is 0 Å². The van der Waals surface area contributed by atoms with Gasteiger partial charge in [-0.05, 0) is 37.5 Å². The minimum absolute atomic E-state index is 0.376. The van der Waals surface area contributed by atoms with Crippen LogP contribution in [0.5, 0.6) is 5.75 Å². The van der Waals surface area contributed by atoms with Crippen molar-refractivity contribution in [3.63, 3.8) is 0 Å². The molecule has 106 valence electrons. The number of rotatable bonds is 4. The second kappa shape index (κ2) is 6.60. The Bertz CT molecular complexity index is 417. The van der Waals surface area contributed by atoms with Gasteiger partial charge in [0.2, 0.25) is 0 Å². The van der Waals surface area contributed by atoms with E-state index in [4.69, 9.17) is 21.1 Å². The normalized spacial score (nSPS) is 19.4. The first-order valence-electron chi connectivity index (χ1n) is 6.76. The fraction of sp³-hybridized carbons (Fsp3) is 0.600. The second-order valence-corrected chi connectivity index (χ2v) is 5.45. The summed E-state index contributed by atoms with van der Waals surface area (Å²) in [5.41, 5.74) is 1.24. The molecule has 0 saturated carbocycles. The average molecular weight is 284 g/mol. The van der Waals surface area contributed by atoms with Crippen LogP contribution in [-0.4, -0.2) is 38.3 Å². The van der Waals surface area contributed by atoms with Crippen molar-refractivity contribution < 1.29 is 9.47 Å². The maximum Gasteiger partial charge on any atom is 0.137 e. The summed E-state index contributed by atoms with van der Waals surface area (Å²) >= 11 is 6.19. The van der Waals surface area contributed by atoms with Crippen molar-refractivity contribution in [2.24, 2.45) is 0 Å². The van der Waals surface area contributed by atoms with Gasteiger partial charge in [0.25, 0.3) is 0 Å². The summed E-state index contributed by atoms with van der Waals surface area (Å²) in [5.74, 6) is 0.732.